The number of halogens is 1. The third kappa shape index (κ3) is 2.96. The van der Waals surface area contributed by atoms with Crippen LogP contribution in [0.1, 0.15) is 18.1 Å². The minimum Gasteiger partial charge on any atom is -0.297 e. The maximum absolute atomic E-state index is 12.1. The molecule has 4 nitrogen and oxygen atoms in total. The number of nitrogens with zero attached hydrogens (tertiary/aromatic N) is 1. The number of hydrogen-bond acceptors (Lipinski definition) is 2. The van der Waals surface area contributed by atoms with Crippen molar-refractivity contribution in [1.82, 2.24) is 9.55 Å². The molecule has 0 aliphatic heterocycles. The van der Waals surface area contributed by atoms with Crippen LogP contribution in [0.25, 0.3) is 0 Å². The normalized spacial score (nSPS) is 10.6. The second-order valence-electron chi connectivity index (χ2n) is 4.27. The van der Waals surface area contributed by atoms with E-state index in [4.69, 9.17) is 11.6 Å². The Hall–Kier alpha value is -1.81. The van der Waals surface area contributed by atoms with E-state index in [1.807, 2.05) is 37.3 Å². The van der Waals surface area contributed by atoms with Crippen LogP contribution in [0, 0.1) is 0 Å². The number of benzene rings is 1. The van der Waals surface area contributed by atoms with Gasteiger partial charge in [-0.25, -0.2) is 4.79 Å². The fourth-order valence-corrected chi connectivity index (χ4v) is 2.28. The van der Waals surface area contributed by atoms with Crippen molar-refractivity contribution in [3.05, 3.63) is 67.4 Å². The maximum atomic E-state index is 12.1. The van der Waals surface area contributed by atoms with Gasteiger partial charge in [0.15, 0.2) is 0 Å². The van der Waals surface area contributed by atoms with Gasteiger partial charge in [-0.05, 0) is 18.4 Å². The number of rotatable bonds is 4. The molecule has 0 saturated carbocycles. The highest BCUT2D eigenvalue weighted by Gasteiger charge is 2.10. The van der Waals surface area contributed by atoms with E-state index in [1.165, 1.54) is 4.57 Å². The minimum atomic E-state index is -0.455. The molecule has 1 N–H and O–H groups in total. The molecule has 0 radical (unpaired) electrons. The van der Waals surface area contributed by atoms with Gasteiger partial charge in [-0.2, -0.15) is 0 Å². The Morgan fingerprint density at radius 3 is 2.53 bits per heavy atom. The fourth-order valence-electron chi connectivity index (χ4n) is 1.98. The second-order valence-corrected chi connectivity index (χ2v) is 4.65. The lowest BCUT2D eigenvalue weighted by Crippen LogP contribution is -2.37. The Balaban J connectivity index is 2.31. The lowest BCUT2D eigenvalue weighted by atomic mass is 10.1. The molecule has 100 valence electrons. The average molecular weight is 279 g/mol. The number of aromatic amines is 1. The molecule has 0 saturated heterocycles. The topological polar surface area (TPSA) is 54.9 Å². The summed E-state index contributed by atoms with van der Waals surface area (Å²) in [5, 5.41) is 0.147. The van der Waals surface area contributed by atoms with Crippen molar-refractivity contribution in [2.75, 3.05) is 0 Å². The van der Waals surface area contributed by atoms with Gasteiger partial charge in [-0.3, -0.25) is 14.3 Å². The van der Waals surface area contributed by atoms with Gasteiger partial charge in [0, 0.05) is 6.54 Å². The van der Waals surface area contributed by atoms with Crippen LogP contribution in [0.15, 0.2) is 39.9 Å². The van der Waals surface area contributed by atoms with E-state index in [0.29, 0.717) is 24.9 Å². The highest BCUT2D eigenvalue weighted by molar-refractivity contribution is 6.30. The summed E-state index contributed by atoms with van der Waals surface area (Å²) >= 11 is 5.86. The Kier molecular flexibility index (Phi) is 4.22. The predicted molar refractivity (Wildman–Crippen MR) is 75.9 cm³/mol. The van der Waals surface area contributed by atoms with Crippen LogP contribution in [-0.2, 0) is 19.4 Å². The summed E-state index contributed by atoms with van der Waals surface area (Å²) in [5.41, 5.74) is 0.784. The average Bonchev–Trinajstić information content (AvgIpc) is 2.39. The molecular formula is C14H15ClN2O2. The van der Waals surface area contributed by atoms with Crippen LogP contribution in [0.5, 0.6) is 0 Å². The number of hydrogen-bond donors (Lipinski definition) is 1. The first-order chi connectivity index (χ1) is 9.13. The summed E-state index contributed by atoms with van der Waals surface area (Å²) < 4.78 is 1.21. The first kappa shape index (κ1) is 13.6. The van der Waals surface area contributed by atoms with E-state index in [2.05, 4.69) is 4.98 Å². The van der Waals surface area contributed by atoms with Crippen LogP contribution >= 0.6 is 11.6 Å². The summed E-state index contributed by atoms with van der Waals surface area (Å²) in [6.07, 6.45) is 1.13. The molecule has 2 aromatic rings. The van der Waals surface area contributed by atoms with Gasteiger partial charge >= 0.3 is 5.69 Å². The molecule has 19 heavy (non-hydrogen) atoms. The number of aromatic nitrogens is 2. The molecule has 1 aromatic carbocycles. The van der Waals surface area contributed by atoms with E-state index < -0.39 is 5.69 Å². The van der Waals surface area contributed by atoms with Crippen molar-refractivity contribution >= 4 is 11.6 Å². The van der Waals surface area contributed by atoms with E-state index in [1.54, 1.807) is 0 Å². The molecule has 0 fully saturated rings. The molecule has 0 aliphatic carbocycles. The monoisotopic (exact) mass is 278 g/mol. The van der Waals surface area contributed by atoms with Gasteiger partial charge < -0.3 is 0 Å². The van der Waals surface area contributed by atoms with Crippen LogP contribution in [0.3, 0.4) is 0 Å². The van der Waals surface area contributed by atoms with Gasteiger partial charge in [0.25, 0.3) is 5.56 Å². The largest absolute Gasteiger partial charge is 0.329 e. The van der Waals surface area contributed by atoms with E-state index in [9.17, 15) is 9.59 Å². The summed E-state index contributed by atoms with van der Waals surface area (Å²) in [7, 11) is 0. The van der Waals surface area contributed by atoms with Crippen LogP contribution in [-0.4, -0.2) is 9.55 Å². The molecular weight excluding hydrogens is 264 g/mol. The lowest BCUT2D eigenvalue weighted by molar-refractivity contribution is 0.619. The Labute approximate surface area is 115 Å². The molecule has 5 heteroatoms. The molecule has 1 heterocycles. The van der Waals surface area contributed by atoms with E-state index in [0.717, 1.165) is 5.56 Å². The number of nitrogens with one attached hydrogen (secondary N) is 1. The van der Waals surface area contributed by atoms with Crippen LogP contribution in [0.2, 0.25) is 5.15 Å². The zero-order valence-corrected chi connectivity index (χ0v) is 11.4. The molecule has 1 aromatic heterocycles. The Morgan fingerprint density at radius 1 is 1.21 bits per heavy atom. The molecule has 0 amide bonds. The van der Waals surface area contributed by atoms with E-state index >= 15 is 0 Å². The molecule has 0 unspecified atom stereocenters. The zero-order chi connectivity index (χ0) is 13.8. The molecule has 2 rings (SSSR count). The zero-order valence-electron chi connectivity index (χ0n) is 10.6. The molecule has 0 bridgehead atoms. The molecule has 0 spiro atoms. The first-order valence-corrected chi connectivity index (χ1v) is 6.56. The molecule has 0 aliphatic rings. The van der Waals surface area contributed by atoms with Crippen molar-refractivity contribution in [2.24, 2.45) is 0 Å². The Bertz CT molecular complexity index is 674. The minimum absolute atomic E-state index is 0.147. The van der Waals surface area contributed by atoms with E-state index in [-0.39, 0.29) is 10.7 Å². The van der Waals surface area contributed by atoms with Gasteiger partial charge in [-0.15, -0.1) is 0 Å². The number of aryl methyl sites for hydroxylation is 1. The highest BCUT2D eigenvalue weighted by Crippen LogP contribution is 2.06. The van der Waals surface area contributed by atoms with Crippen LogP contribution < -0.4 is 11.2 Å². The molecule has 0 atom stereocenters. The van der Waals surface area contributed by atoms with Crippen molar-refractivity contribution in [3.63, 3.8) is 0 Å². The van der Waals surface area contributed by atoms with Crippen molar-refractivity contribution < 1.29 is 0 Å². The SMILES string of the molecule is CCc1c(Cl)[nH]c(=O)n(CCc2ccccc2)c1=O. The van der Waals surface area contributed by atoms with Gasteiger partial charge in [0.2, 0.25) is 0 Å². The van der Waals surface area contributed by atoms with Crippen molar-refractivity contribution in [3.8, 4) is 0 Å². The Morgan fingerprint density at radius 2 is 1.89 bits per heavy atom. The highest BCUT2D eigenvalue weighted by atomic mass is 35.5. The van der Waals surface area contributed by atoms with Crippen LogP contribution in [0.4, 0.5) is 0 Å². The summed E-state index contributed by atoms with van der Waals surface area (Å²) in [5.74, 6) is 0. The van der Waals surface area contributed by atoms with Crippen molar-refractivity contribution in [1.29, 1.82) is 0 Å². The third-order valence-electron chi connectivity index (χ3n) is 3.05. The summed E-state index contributed by atoms with van der Waals surface area (Å²) in [4.78, 5) is 26.4. The smallest absolute Gasteiger partial charge is 0.297 e. The fraction of sp³-hybridized carbons (Fsp3) is 0.286. The van der Waals surface area contributed by atoms with Gasteiger partial charge in [0.1, 0.15) is 5.15 Å². The summed E-state index contributed by atoms with van der Waals surface area (Å²) in [6, 6.07) is 9.73. The quantitative estimate of drug-likeness (QED) is 0.870. The van der Waals surface area contributed by atoms with Gasteiger partial charge in [-0.1, -0.05) is 48.9 Å². The lowest BCUT2D eigenvalue weighted by Gasteiger charge is -2.07. The standard InChI is InChI=1S/C14H15ClN2O2/c1-2-11-12(15)16-14(19)17(13(11)18)9-8-10-6-4-3-5-7-10/h3-7H,2,8-9H2,1H3,(H,16,19). The third-order valence-corrected chi connectivity index (χ3v) is 3.37. The van der Waals surface area contributed by atoms with Crippen molar-refractivity contribution in [2.45, 2.75) is 26.3 Å². The number of H-pyrrole nitrogens is 1. The predicted octanol–water partition coefficient (Wildman–Crippen LogP) is 2.00. The summed E-state index contributed by atoms with van der Waals surface area (Å²) in [6.45, 7) is 2.19. The second kappa shape index (κ2) is 5.89. The maximum Gasteiger partial charge on any atom is 0.329 e. The van der Waals surface area contributed by atoms with Gasteiger partial charge in [0.05, 0.1) is 5.56 Å². The first-order valence-electron chi connectivity index (χ1n) is 6.19.